The SMILES string of the molecule is CC1(C)c2ccccc2-c2ccc3c4ccccc4n(-c4cnc5c(c4)c4nccnc4c4cc(-n6c7ccccc7c7ccc8c(c76)C(C)(C)c6ccccc6-8)cnc45)c3c21. The lowest BCUT2D eigenvalue weighted by molar-refractivity contribution is 0.663. The lowest BCUT2D eigenvalue weighted by Gasteiger charge is -2.24. The highest BCUT2D eigenvalue weighted by molar-refractivity contribution is 6.22. The molecular formula is C56H38N6. The Bertz CT molecular complexity index is 3720. The van der Waals surface area contributed by atoms with Crippen molar-refractivity contribution in [2.45, 2.75) is 38.5 Å². The Morgan fingerprint density at radius 2 is 0.774 bits per heavy atom. The number of hydrogen-bond acceptors (Lipinski definition) is 4. The summed E-state index contributed by atoms with van der Waals surface area (Å²) in [6.07, 6.45) is 7.63. The largest absolute Gasteiger partial charge is 0.307 e. The summed E-state index contributed by atoms with van der Waals surface area (Å²) in [5.41, 5.74) is 20.1. The zero-order chi connectivity index (χ0) is 41.2. The van der Waals surface area contributed by atoms with Crippen molar-refractivity contribution in [3.05, 3.63) is 181 Å². The number of nitrogens with zero attached hydrogens (tertiary/aromatic N) is 6. The van der Waals surface area contributed by atoms with E-state index in [1.165, 1.54) is 77.1 Å². The van der Waals surface area contributed by atoms with E-state index < -0.39 is 0 Å². The Labute approximate surface area is 356 Å². The second kappa shape index (κ2) is 11.6. The normalized spacial score (nSPS) is 14.7. The molecule has 7 aromatic carbocycles. The lowest BCUT2D eigenvalue weighted by Crippen LogP contribution is -2.16. The van der Waals surface area contributed by atoms with E-state index in [2.05, 4.69) is 170 Å². The smallest absolute Gasteiger partial charge is 0.0989 e. The van der Waals surface area contributed by atoms with Crippen LogP contribution in [0.3, 0.4) is 0 Å². The Balaban J connectivity index is 1.03. The summed E-state index contributed by atoms with van der Waals surface area (Å²) in [6, 6.07) is 49.0. The maximum absolute atomic E-state index is 5.32. The van der Waals surface area contributed by atoms with Crippen molar-refractivity contribution in [1.29, 1.82) is 0 Å². The van der Waals surface area contributed by atoms with Gasteiger partial charge in [0.2, 0.25) is 0 Å². The molecule has 0 amide bonds. The zero-order valence-electron chi connectivity index (χ0n) is 34.7. The molecule has 0 fully saturated rings. The highest BCUT2D eigenvalue weighted by Crippen LogP contribution is 2.54. The van der Waals surface area contributed by atoms with E-state index in [1.54, 1.807) is 12.4 Å². The van der Waals surface area contributed by atoms with Gasteiger partial charge in [-0.1, -0.05) is 137 Å². The van der Waals surface area contributed by atoms with Crippen LogP contribution in [0, 0.1) is 0 Å². The molecule has 0 N–H and O–H groups in total. The van der Waals surface area contributed by atoms with Crippen LogP contribution in [0.15, 0.2) is 158 Å². The molecule has 2 aliphatic rings. The van der Waals surface area contributed by atoms with Gasteiger partial charge in [-0.05, 0) is 68.8 Å². The average Bonchev–Trinajstić information content (AvgIpc) is 3.97. The third-order valence-corrected chi connectivity index (χ3v) is 14.4. The van der Waals surface area contributed by atoms with Crippen LogP contribution < -0.4 is 0 Å². The van der Waals surface area contributed by atoms with Gasteiger partial charge in [-0.2, -0.15) is 0 Å². The molecule has 2 aliphatic carbocycles. The number of pyridine rings is 2. The van der Waals surface area contributed by atoms with Crippen LogP contribution in [0.1, 0.15) is 49.9 Å². The Morgan fingerprint density at radius 1 is 0.371 bits per heavy atom. The molecule has 6 nitrogen and oxygen atoms in total. The van der Waals surface area contributed by atoms with Gasteiger partial charge < -0.3 is 9.13 Å². The highest BCUT2D eigenvalue weighted by atomic mass is 15.0. The fourth-order valence-corrected chi connectivity index (χ4v) is 11.8. The standard InChI is InChI=1S/C56H38N6/c1-55(2)43-17-9-5-13-33(43)37-21-23-39-35-15-7-11-19-45(35)61(53(39)47(37)55)31-27-41-49-50(58-26-25-57-49)42-28-32(30-60-52(42)51(41)59-29-31)62-46-20-12-8-16-36(46)40-24-22-38-34-14-6-10-18-44(34)56(3,4)48(38)54(40)62/h5-30H,1-4H3. The fourth-order valence-electron chi connectivity index (χ4n) is 11.8. The molecule has 0 unspecified atom stereocenters. The molecule has 292 valence electrons. The van der Waals surface area contributed by atoms with Gasteiger partial charge in [0.1, 0.15) is 0 Å². The third kappa shape index (κ3) is 4.10. The second-order valence-corrected chi connectivity index (χ2v) is 18.2. The summed E-state index contributed by atoms with van der Waals surface area (Å²) in [7, 11) is 0. The first kappa shape index (κ1) is 34.1. The summed E-state index contributed by atoms with van der Waals surface area (Å²) in [5.74, 6) is 0. The molecule has 12 aromatic rings. The van der Waals surface area contributed by atoms with E-state index in [0.717, 1.165) is 55.2 Å². The first-order valence-corrected chi connectivity index (χ1v) is 21.5. The summed E-state index contributed by atoms with van der Waals surface area (Å²) >= 11 is 0. The van der Waals surface area contributed by atoms with E-state index >= 15 is 0 Å². The van der Waals surface area contributed by atoms with Gasteiger partial charge in [0.05, 0.1) is 67.9 Å². The molecule has 0 aliphatic heterocycles. The molecule has 0 saturated carbocycles. The maximum atomic E-state index is 5.32. The molecule has 0 bridgehead atoms. The van der Waals surface area contributed by atoms with Crippen LogP contribution in [0.5, 0.6) is 0 Å². The van der Waals surface area contributed by atoms with Crippen molar-refractivity contribution < 1.29 is 0 Å². The van der Waals surface area contributed by atoms with Gasteiger partial charge in [0.15, 0.2) is 0 Å². The topological polar surface area (TPSA) is 61.4 Å². The molecule has 62 heavy (non-hydrogen) atoms. The number of para-hydroxylation sites is 2. The zero-order valence-corrected chi connectivity index (χ0v) is 34.7. The van der Waals surface area contributed by atoms with E-state index in [9.17, 15) is 0 Å². The van der Waals surface area contributed by atoms with Gasteiger partial charge >= 0.3 is 0 Å². The lowest BCUT2D eigenvalue weighted by atomic mass is 9.81. The van der Waals surface area contributed by atoms with Crippen LogP contribution in [-0.2, 0) is 10.8 Å². The molecule has 0 spiro atoms. The van der Waals surface area contributed by atoms with Crippen molar-refractivity contribution >= 4 is 76.5 Å². The van der Waals surface area contributed by atoms with Crippen LogP contribution in [0.2, 0.25) is 0 Å². The summed E-state index contributed by atoms with van der Waals surface area (Å²) in [6.45, 7) is 9.44. The molecule has 6 heteroatoms. The highest BCUT2D eigenvalue weighted by Gasteiger charge is 2.40. The van der Waals surface area contributed by atoms with Crippen molar-refractivity contribution in [1.82, 2.24) is 29.1 Å². The third-order valence-electron chi connectivity index (χ3n) is 14.4. The van der Waals surface area contributed by atoms with Crippen molar-refractivity contribution in [3.63, 3.8) is 0 Å². The van der Waals surface area contributed by atoms with E-state index in [0.29, 0.717) is 0 Å². The molecule has 5 heterocycles. The van der Waals surface area contributed by atoms with E-state index in [1.807, 2.05) is 12.4 Å². The van der Waals surface area contributed by atoms with Gasteiger partial charge in [-0.15, -0.1) is 0 Å². The van der Waals surface area contributed by atoms with Crippen molar-refractivity contribution in [3.8, 4) is 33.6 Å². The number of aromatic nitrogens is 6. The summed E-state index contributed by atoms with van der Waals surface area (Å²) < 4.78 is 4.85. The van der Waals surface area contributed by atoms with Crippen molar-refractivity contribution in [2.75, 3.05) is 0 Å². The quantitative estimate of drug-likeness (QED) is 0.164. The fraction of sp³-hybridized carbons (Fsp3) is 0.107. The Kier molecular flexibility index (Phi) is 6.35. The molecule has 14 rings (SSSR count). The first-order chi connectivity index (χ1) is 30.3. The molecule has 0 saturated heterocycles. The minimum atomic E-state index is -0.200. The molecule has 5 aromatic heterocycles. The average molecular weight is 795 g/mol. The number of fused-ring (bicyclic) bond motifs is 20. The van der Waals surface area contributed by atoms with Crippen LogP contribution in [0.25, 0.3) is 110 Å². The molecule has 0 atom stereocenters. The van der Waals surface area contributed by atoms with Gasteiger partial charge in [0.25, 0.3) is 0 Å². The summed E-state index contributed by atoms with van der Waals surface area (Å²) in [5, 5.41) is 6.76. The minimum absolute atomic E-state index is 0.200. The number of benzene rings is 7. The predicted octanol–water partition coefficient (Wildman–Crippen LogP) is 13.5. The summed E-state index contributed by atoms with van der Waals surface area (Å²) in [4.78, 5) is 20.7. The van der Waals surface area contributed by atoms with Gasteiger partial charge in [-0.25, -0.2) is 0 Å². The van der Waals surface area contributed by atoms with Crippen LogP contribution >= 0.6 is 0 Å². The van der Waals surface area contributed by atoms with E-state index in [-0.39, 0.29) is 10.8 Å². The van der Waals surface area contributed by atoms with Crippen LogP contribution in [-0.4, -0.2) is 29.1 Å². The number of rotatable bonds is 2. The minimum Gasteiger partial charge on any atom is -0.307 e. The molecular weight excluding hydrogens is 757 g/mol. The second-order valence-electron chi connectivity index (χ2n) is 18.2. The Morgan fingerprint density at radius 3 is 1.24 bits per heavy atom. The Hall–Kier alpha value is -7.70. The predicted molar refractivity (Wildman–Crippen MR) is 254 cm³/mol. The van der Waals surface area contributed by atoms with Crippen molar-refractivity contribution in [2.24, 2.45) is 0 Å². The first-order valence-electron chi connectivity index (χ1n) is 21.5. The monoisotopic (exact) mass is 794 g/mol. The van der Waals surface area contributed by atoms with E-state index in [4.69, 9.17) is 19.9 Å². The van der Waals surface area contributed by atoms with Gasteiger partial charge in [0, 0.05) is 55.5 Å². The molecule has 0 radical (unpaired) electrons. The van der Waals surface area contributed by atoms with Crippen LogP contribution in [0.4, 0.5) is 0 Å². The number of hydrogen-bond donors (Lipinski definition) is 0. The maximum Gasteiger partial charge on any atom is 0.0989 e. The van der Waals surface area contributed by atoms with Gasteiger partial charge in [-0.3, -0.25) is 19.9 Å².